The summed E-state index contributed by atoms with van der Waals surface area (Å²) in [6.45, 7) is 3.49. The van der Waals surface area contributed by atoms with Crippen LogP contribution in [0.15, 0.2) is 36.8 Å². The van der Waals surface area contributed by atoms with Gasteiger partial charge in [0.15, 0.2) is 5.82 Å². The normalized spacial score (nSPS) is 21.2. The molecule has 0 aliphatic carbocycles. The summed E-state index contributed by atoms with van der Waals surface area (Å²) in [5, 5.41) is 16.9. The fourth-order valence-corrected chi connectivity index (χ4v) is 2.62. The molecule has 2 aromatic rings. The van der Waals surface area contributed by atoms with Crippen molar-refractivity contribution < 1.29 is 9.90 Å². The van der Waals surface area contributed by atoms with Crippen LogP contribution >= 0.6 is 0 Å². The van der Waals surface area contributed by atoms with Gasteiger partial charge in [0, 0.05) is 38.2 Å². The fourth-order valence-electron chi connectivity index (χ4n) is 2.62. The summed E-state index contributed by atoms with van der Waals surface area (Å²) in [7, 11) is 0. The highest BCUT2D eigenvalue weighted by Gasteiger charge is 2.27. The molecule has 7 heteroatoms. The third-order valence-corrected chi connectivity index (χ3v) is 4.20. The van der Waals surface area contributed by atoms with Gasteiger partial charge in [0.25, 0.3) is 0 Å². The van der Waals surface area contributed by atoms with Crippen molar-refractivity contribution in [2.75, 3.05) is 13.1 Å². The van der Waals surface area contributed by atoms with E-state index in [9.17, 15) is 9.90 Å². The minimum absolute atomic E-state index is 0.145. The molecule has 3 heterocycles. The monoisotopic (exact) mass is 315 g/mol. The van der Waals surface area contributed by atoms with Crippen molar-refractivity contribution in [3.8, 4) is 5.82 Å². The number of nitrogens with zero attached hydrogens (tertiary/aromatic N) is 4. The van der Waals surface area contributed by atoms with E-state index < -0.39 is 6.10 Å². The lowest BCUT2D eigenvalue weighted by Gasteiger charge is -2.34. The molecule has 7 nitrogen and oxygen atoms in total. The van der Waals surface area contributed by atoms with Crippen molar-refractivity contribution in [1.29, 1.82) is 0 Å². The third kappa shape index (κ3) is 3.68. The van der Waals surface area contributed by atoms with Gasteiger partial charge in [-0.05, 0) is 36.1 Å². The molecule has 1 aliphatic rings. The topological polar surface area (TPSA) is 83.3 Å². The van der Waals surface area contributed by atoms with Gasteiger partial charge in [-0.25, -0.2) is 14.5 Å². The first-order chi connectivity index (χ1) is 11.1. The van der Waals surface area contributed by atoms with E-state index in [0.717, 1.165) is 12.0 Å². The number of nitrogens with one attached hydrogen (secondary N) is 1. The van der Waals surface area contributed by atoms with Gasteiger partial charge in [-0.1, -0.05) is 6.92 Å². The Hall–Kier alpha value is -2.41. The maximum absolute atomic E-state index is 12.2. The Morgan fingerprint density at radius 3 is 3.09 bits per heavy atom. The smallest absolute Gasteiger partial charge is 0.317 e. The Morgan fingerprint density at radius 1 is 1.48 bits per heavy atom. The van der Waals surface area contributed by atoms with Crippen molar-refractivity contribution in [3.05, 3.63) is 42.4 Å². The van der Waals surface area contributed by atoms with Crippen LogP contribution in [0.3, 0.4) is 0 Å². The number of urea groups is 1. The van der Waals surface area contributed by atoms with Gasteiger partial charge in [-0.15, -0.1) is 0 Å². The number of aliphatic hydroxyl groups is 1. The van der Waals surface area contributed by atoms with Gasteiger partial charge in [-0.2, -0.15) is 5.10 Å². The molecule has 2 unspecified atom stereocenters. The maximum Gasteiger partial charge on any atom is 0.317 e. The van der Waals surface area contributed by atoms with Crippen molar-refractivity contribution in [1.82, 2.24) is 25.0 Å². The number of likely N-dealkylation sites (tertiary alicyclic amines) is 1. The van der Waals surface area contributed by atoms with Crippen molar-refractivity contribution in [3.63, 3.8) is 0 Å². The van der Waals surface area contributed by atoms with Gasteiger partial charge in [0.05, 0.1) is 6.10 Å². The second-order valence-corrected chi connectivity index (χ2v) is 5.91. The molecule has 0 spiro atoms. The number of aromatic nitrogens is 3. The van der Waals surface area contributed by atoms with Crippen LogP contribution in [0.25, 0.3) is 5.82 Å². The summed E-state index contributed by atoms with van der Waals surface area (Å²) in [5.41, 5.74) is 0.949. The Kier molecular flexibility index (Phi) is 4.57. The molecule has 0 aromatic carbocycles. The summed E-state index contributed by atoms with van der Waals surface area (Å²) in [6.07, 6.45) is 5.60. The molecule has 0 bridgehead atoms. The number of hydrogen-bond donors (Lipinski definition) is 2. The first-order valence-corrected chi connectivity index (χ1v) is 7.79. The quantitative estimate of drug-likeness (QED) is 0.891. The number of pyridine rings is 1. The van der Waals surface area contributed by atoms with E-state index in [1.165, 1.54) is 0 Å². The highest BCUT2D eigenvalue weighted by Crippen LogP contribution is 2.17. The molecule has 1 aliphatic heterocycles. The summed E-state index contributed by atoms with van der Waals surface area (Å²) in [6, 6.07) is 5.44. The Morgan fingerprint density at radius 2 is 2.35 bits per heavy atom. The molecule has 2 amide bonds. The molecular weight excluding hydrogens is 294 g/mol. The minimum atomic E-state index is -0.443. The van der Waals surface area contributed by atoms with Crippen molar-refractivity contribution in [2.24, 2.45) is 5.92 Å². The Balaban J connectivity index is 1.58. The standard InChI is InChI=1S/C16H21N5O2/c1-12-4-8-20(11-14(12)22)16(23)18-10-13-3-6-17-15(9-13)21-7-2-5-19-21/h2-3,5-7,9,12,14,22H,4,8,10-11H2,1H3,(H,18,23). The average molecular weight is 315 g/mol. The number of β-amino-alcohol motifs (C(OH)–C–C–N with tert-alkyl or cyclic N) is 1. The zero-order valence-corrected chi connectivity index (χ0v) is 13.1. The molecule has 122 valence electrons. The first kappa shape index (κ1) is 15.5. The van der Waals surface area contributed by atoms with E-state index in [1.54, 1.807) is 22.0 Å². The number of rotatable bonds is 3. The van der Waals surface area contributed by atoms with E-state index in [1.807, 2.05) is 31.3 Å². The molecule has 2 aromatic heterocycles. The van der Waals surface area contributed by atoms with Gasteiger partial charge in [-0.3, -0.25) is 0 Å². The van der Waals surface area contributed by atoms with Crippen LogP contribution in [0.2, 0.25) is 0 Å². The van der Waals surface area contributed by atoms with Gasteiger partial charge < -0.3 is 15.3 Å². The molecule has 23 heavy (non-hydrogen) atoms. The average Bonchev–Trinajstić information content (AvgIpc) is 3.10. The van der Waals surface area contributed by atoms with Gasteiger partial charge in [0.2, 0.25) is 0 Å². The van der Waals surface area contributed by atoms with E-state index in [4.69, 9.17) is 0 Å². The molecule has 2 N–H and O–H groups in total. The van der Waals surface area contributed by atoms with Crippen LogP contribution in [-0.2, 0) is 6.54 Å². The Labute approximate surface area is 134 Å². The molecular formula is C16H21N5O2. The van der Waals surface area contributed by atoms with E-state index in [-0.39, 0.29) is 11.9 Å². The highest BCUT2D eigenvalue weighted by atomic mass is 16.3. The molecule has 3 rings (SSSR count). The minimum Gasteiger partial charge on any atom is -0.391 e. The van der Waals surface area contributed by atoms with Crippen molar-refractivity contribution >= 4 is 6.03 Å². The van der Waals surface area contributed by atoms with Crippen LogP contribution in [0.4, 0.5) is 4.79 Å². The number of amides is 2. The largest absolute Gasteiger partial charge is 0.391 e. The lowest BCUT2D eigenvalue weighted by Crippen LogP contribution is -2.49. The maximum atomic E-state index is 12.2. The zero-order chi connectivity index (χ0) is 16.2. The molecule has 1 fully saturated rings. The van der Waals surface area contributed by atoms with E-state index >= 15 is 0 Å². The van der Waals surface area contributed by atoms with Crippen LogP contribution in [0, 0.1) is 5.92 Å². The molecule has 0 radical (unpaired) electrons. The number of aliphatic hydroxyl groups excluding tert-OH is 1. The summed E-state index contributed by atoms with van der Waals surface area (Å²) in [4.78, 5) is 18.1. The first-order valence-electron chi connectivity index (χ1n) is 7.79. The van der Waals surface area contributed by atoms with Crippen LogP contribution < -0.4 is 5.32 Å². The van der Waals surface area contributed by atoms with Crippen LogP contribution in [0.1, 0.15) is 18.9 Å². The molecule has 1 saturated heterocycles. The fraction of sp³-hybridized carbons (Fsp3) is 0.438. The van der Waals surface area contributed by atoms with E-state index in [0.29, 0.717) is 25.5 Å². The van der Waals surface area contributed by atoms with Crippen LogP contribution in [0.5, 0.6) is 0 Å². The third-order valence-electron chi connectivity index (χ3n) is 4.20. The highest BCUT2D eigenvalue weighted by molar-refractivity contribution is 5.74. The lowest BCUT2D eigenvalue weighted by atomic mass is 9.96. The van der Waals surface area contributed by atoms with Crippen molar-refractivity contribution in [2.45, 2.75) is 26.0 Å². The van der Waals surface area contributed by atoms with Gasteiger partial charge in [0.1, 0.15) is 0 Å². The summed E-state index contributed by atoms with van der Waals surface area (Å²) < 4.78 is 1.67. The number of carbonyl (C=O) groups is 1. The zero-order valence-electron chi connectivity index (χ0n) is 13.1. The predicted octanol–water partition coefficient (Wildman–Crippen LogP) is 1.18. The summed E-state index contributed by atoms with van der Waals surface area (Å²) >= 11 is 0. The predicted molar refractivity (Wildman–Crippen MR) is 85.0 cm³/mol. The number of hydrogen-bond acceptors (Lipinski definition) is 4. The molecule has 2 atom stereocenters. The lowest BCUT2D eigenvalue weighted by molar-refractivity contribution is 0.0435. The van der Waals surface area contributed by atoms with E-state index in [2.05, 4.69) is 15.4 Å². The summed E-state index contributed by atoms with van der Waals surface area (Å²) in [5.74, 6) is 0.958. The van der Waals surface area contributed by atoms with Crippen LogP contribution in [-0.4, -0.2) is 50.0 Å². The number of carbonyl (C=O) groups excluding carboxylic acids is 1. The number of piperidine rings is 1. The Bertz CT molecular complexity index is 658. The second-order valence-electron chi connectivity index (χ2n) is 5.91. The molecule has 0 saturated carbocycles. The SMILES string of the molecule is CC1CCN(C(=O)NCc2ccnc(-n3cccn3)c2)CC1O. The second kappa shape index (κ2) is 6.78. The van der Waals surface area contributed by atoms with Gasteiger partial charge >= 0.3 is 6.03 Å².